The standard InChI is InChI=1S/C14H31BN2O5/c1-2-3-4-5-7-17(8-6-16-15-11-19)9-12(20)14(22)13(21)10-18/h11-16,18,20-22H,2-10H2,1H3/t12-,13+,14+/m0/s1. The smallest absolute Gasteiger partial charge is 0.278 e. The molecule has 0 aliphatic heterocycles. The van der Waals surface area contributed by atoms with Gasteiger partial charge in [-0.1, -0.05) is 26.2 Å². The third kappa shape index (κ3) is 10.3. The maximum atomic E-state index is 10.3. The lowest BCUT2D eigenvalue weighted by Crippen LogP contribution is -2.47. The predicted octanol–water partition coefficient (Wildman–Crippen LogP) is -1.92. The third-order valence-electron chi connectivity index (χ3n) is 3.58. The molecule has 3 atom stereocenters. The van der Waals surface area contributed by atoms with E-state index in [1.54, 1.807) is 0 Å². The third-order valence-corrected chi connectivity index (χ3v) is 3.58. The van der Waals surface area contributed by atoms with Crippen LogP contribution in [0.5, 0.6) is 0 Å². The van der Waals surface area contributed by atoms with Gasteiger partial charge < -0.3 is 30.4 Å². The Labute approximate surface area is 133 Å². The number of nitrogens with zero attached hydrogens (tertiary/aromatic N) is 1. The second-order valence-electron chi connectivity index (χ2n) is 5.54. The number of hydrogen-bond acceptors (Lipinski definition) is 7. The first-order valence-corrected chi connectivity index (χ1v) is 8.08. The van der Waals surface area contributed by atoms with Gasteiger partial charge in [-0.3, -0.25) is 4.90 Å². The molecule has 7 nitrogen and oxygen atoms in total. The average Bonchev–Trinajstić information content (AvgIpc) is 2.53. The van der Waals surface area contributed by atoms with Gasteiger partial charge in [-0.25, -0.2) is 0 Å². The van der Waals surface area contributed by atoms with Gasteiger partial charge in [-0.05, 0) is 19.5 Å². The molecule has 0 spiro atoms. The monoisotopic (exact) mass is 318 g/mol. The summed E-state index contributed by atoms with van der Waals surface area (Å²) >= 11 is 0. The molecule has 130 valence electrons. The number of aliphatic hydroxyl groups excluding tert-OH is 4. The van der Waals surface area contributed by atoms with Crippen LogP contribution in [0, 0.1) is 0 Å². The normalized spacial score (nSPS) is 15.5. The number of rotatable bonds is 15. The Kier molecular flexibility index (Phi) is 13.8. The van der Waals surface area contributed by atoms with Crippen molar-refractivity contribution in [3.63, 3.8) is 0 Å². The lowest BCUT2D eigenvalue weighted by atomic mass is 9.99. The van der Waals surface area contributed by atoms with E-state index in [1.165, 1.54) is 0 Å². The van der Waals surface area contributed by atoms with Crippen molar-refractivity contribution in [1.82, 2.24) is 10.1 Å². The van der Waals surface area contributed by atoms with Crippen LogP contribution in [0.25, 0.3) is 0 Å². The maximum Gasteiger partial charge on any atom is 0.278 e. The molecule has 0 aromatic carbocycles. The van der Waals surface area contributed by atoms with Gasteiger partial charge >= 0.3 is 0 Å². The lowest BCUT2D eigenvalue weighted by molar-refractivity contribution is -0.0840. The zero-order valence-electron chi connectivity index (χ0n) is 13.5. The Hall–Kier alpha value is -0.505. The summed E-state index contributed by atoms with van der Waals surface area (Å²) in [6, 6.07) is 0. The Morgan fingerprint density at radius 1 is 1.14 bits per heavy atom. The predicted molar refractivity (Wildman–Crippen MR) is 87.6 cm³/mol. The first-order chi connectivity index (χ1) is 10.6. The fraction of sp³-hybridized carbons (Fsp3) is 0.929. The second kappa shape index (κ2) is 14.1. The van der Waals surface area contributed by atoms with Crippen molar-refractivity contribution >= 4 is 13.6 Å². The van der Waals surface area contributed by atoms with Crippen molar-refractivity contribution in [2.75, 3.05) is 32.8 Å². The first-order valence-electron chi connectivity index (χ1n) is 8.08. The minimum absolute atomic E-state index is 0.215. The van der Waals surface area contributed by atoms with Crippen LogP contribution in [0.2, 0.25) is 0 Å². The highest BCUT2D eigenvalue weighted by Gasteiger charge is 2.25. The topological polar surface area (TPSA) is 113 Å². The highest BCUT2D eigenvalue weighted by Crippen LogP contribution is 2.06. The van der Waals surface area contributed by atoms with E-state index in [4.69, 9.17) is 5.11 Å². The molecule has 0 aliphatic rings. The molecule has 22 heavy (non-hydrogen) atoms. The van der Waals surface area contributed by atoms with Crippen LogP contribution in [0.15, 0.2) is 0 Å². The van der Waals surface area contributed by atoms with Crippen LogP contribution >= 0.6 is 0 Å². The lowest BCUT2D eigenvalue weighted by Gasteiger charge is -2.29. The first kappa shape index (κ1) is 21.5. The van der Waals surface area contributed by atoms with Gasteiger partial charge in [0.05, 0.1) is 18.9 Å². The summed E-state index contributed by atoms with van der Waals surface area (Å²) in [7, 11) is 0.290. The van der Waals surface area contributed by atoms with E-state index in [-0.39, 0.29) is 14.0 Å². The van der Waals surface area contributed by atoms with E-state index in [0.717, 1.165) is 38.4 Å². The fourth-order valence-electron chi connectivity index (χ4n) is 2.19. The molecule has 8 heteroatoms. The van der Waals surface area contributed by atoms with Crippen LogP contribution in [0.3, 0.4) is 0 Å². The van der Waals surface area contributed by atoms with Crippen LogP contribution in [0.1, 0.15) is 32.6 Å². The van der Waals surface area contributed by atoms with Crippen LogP contribution in [-0.2, 0) is 4.79 Å². The van der Waals surface area contributed by atoms with Crippen molar-refractivity contribution in [3.8, 4) is 0 Å². The summed E-state index contributed by atoms with van der Waals surface area (Å²) < 4.78 is 0. The highest BCUT2D eigenvalue weighted by atomic mass is 16.4. The van der Waals surface area contributed by atoms with Crippen molar-refractivity contribution in [2.45, 2.75) is 50.9 Å². The molecule has 0 aliphatic carbocycles. The molecule has 5 N–H and O–H groups in total. The van der Waals surface area contributed by atoms with E-state index in [1.807, 2.05) is 4.90 Å². The van der Waals surface area contributed by atoms with Crippen molar-refractivity contribution < 1.29 is 25.2 Å². The molecular formula is C14H31BN2O5. The van der Waals surface area contributed by atoms with Gasteiger partial charge in [0.1, 0.15) is 12.2 Å². The van der Waals surface area contributed by atoms with E-state index >= 15 is 0 Å². The zero-order chi connectivity index (χ0) is 16.8. The zero-order valence-corrected chi connectivity index (χ0v) is 13.5. The average molecular weight is 318 g/mol. The Morgan fingerprint density at radius 2 is 1.86 bits per heavy atom. The largest absolute Gasteiger partial charge is 0.394 e. The molecule has 0 fully saturated rings. The van der Waals surface area contributed by atoms with Gasteiger partial charge in [0.2, 0.25) is 0 Å². The number of unbranched alkanes of at least 4 members (excludes halogenated alkanes) is 3. The van der Waals surface area contributed by atoms with Crippen molar-refractivity contribution in [1.29, 1.82) is 0 Å². The fourth-order valence-corrected chi connectivity index (χ4v) is 2.19. The maximum absolute atomic E-state index is 10.3. The number of aliphatic hydroxyl groups is 4. The summed E-state index contributed by atoms with van der Waals surface area (Å²) in [5.74, 6) is 0. The molecule has 0 aromatic heterocycles. The molecule has 0 saturated heterocycles. The van der Waals surface area contributed by atoms with E-state index < -0.39 is 24.9 Å². The van der Waals surface area contributed by atoms with Gasteiger partial charge in [0, 0.05) is 13.1 Å². The number of nitrogens with one attached hydrogen (secondary N) is 1. The van der Waals surface area contributed by atoms with Crippen LogP contribution in [-0.4, -0.2) is 90.0 Å². The number of carbonyl (C=O) groups is 1. The molecule has 0 rings (SSSR count). The van der Waals surface area contributed by atoms with E-state index in [9.17, 15) is 20.1 Å². The van der Waals surface area contributed by atoms with Crippen LogP contribution in [0.4, 0.5) is 0 Å². The molecular weight excluding hydrogens is 287 g/mol. The SMILES string of the molecule is CCCCCCN(CCNBC=O)C[C@H](O)[C@@H](O)[C@H](O)CO. The molecule has 0 heterocycles. The Balaban J connectivity index is 4.26. The van der Waals surface area contributed by atoms with Crippen molar-refractivity contribution in [2.24, 2.45) is 0 Å². The summed E-state index contributed by atoms with van der Waals surface area (Å²) in [5.41, 5.74) is 0. The Morgan fingerprint density at radius 3 is 2.45 bits per heavy atom. The van der Waals surface area contributed by atoms with Gasteiger partial charge in [0.15, 0.2) is 0 Å². The molecule has 0 aromatic rings. The minimum Gasteiger partial charge on any atom is -0.394 e. The molecule has 0 saturated carbocycles. The summed E-state index contributed by atoms with van der Waals surface area (Å²) in [5, 5.41) is 40.8. The number of carbonyl (C=O) groups excluding carboxylic acids is 1. The minimum atomic E-state index is -1.37. The van der Waals surface area contributed by atoms with Crippen molar-refractivity contribution in [3.05, 3.63) is 0 Å². The summed E-state index contributed by atoms with van der Waals surface area (Å²) in [4.78, 5) is 12.3. The number of hydrogen-bond donors (Lipinski definition) is 5. The Bertz CT molecular complexity index is 274. The summed E-state index contributed by atoms with van der Waals surface area (Å²) in [6.07, 6.45) is 1.35. The molecule has 0 radical (unpaired) electrons. The van der Waals surface area contributed by atoms with Crippen LogP contribution < -0.4 is 5.23 Å². The second-order valence-corrected chi connectivity index (χ2v) is 5.54. The molecule has 0 unspecified atom stereocenters. The quantitative estimate of drug-likeness (QED) is 0.136. The van der Waals surface area contributed by atoms with Gasteiger partial charge in [0.25, 0.3) is 7.41 Å². The highest BCUT2D eigenvalue weighted by molar-refractivity contribution is 6.64. The molecule has 0 bridgehead atoms. The van der Waals surface area contributed by atoms with Gasteiger partial charge in [-0.2, -0.15) is 0 Å². The van der Waals surface area contributed by atoms with E-state index in [2.05, 4.69) is 12.2 Å². The van der Waals surface area contributed by atoms with Gasteiger partial charge in [-0.15, -0.1) is 0 Å². The van der Waals surface area contributed by atoms with E-state index in [0.29, 0.717) is 13.1 Å². The molecule has 0 amide bonds. The summed E-state index contributed by atoms with van der Waals surface area (Å²) in [6.45, 7) is 3.79.